The molecule has 0 aliphatic carbocycles. The molecule has 1 aliphatic heterocycles. The molecule has 1 aliphatic rings. The molecule has 0 spiro atoms. The van der Waals surface area contributed by atoms with Crippen molar-refractivity contribution in [2.75, 3.05) is 26.4 Å². The number of nitrogens with two attached hydrogens (primary N) is 1. The minimum atomic E-state index is 0.691. The predicted molar refractivity (Wildman–Crippen MR) is 44.4 cm³/mol. The van der Waals surface area contributed by atoms with Gasteiger partial charge in [-0.25, -0.2) is 0 Å². The predicted octanol–water partition coefficient (Wildman–Crippen LogP) is -1.36. The average molecular weight is 160 g/mol. The van der Waals surface area contributed by atoms with Gasteiger partial charge in [0.25, 0.3) is 0 Å². The van der Waals surface area contributed by atoms with Gasteiger partial charge in [0.05, 0.1) is 13.3 Å². The van der Waals surface area contributed by atoms with Crippen LogP contribution in [0, 0.1) is 0 Å². The van der Waals surface area contributed by atoms with Crippen LogP contribution in [-0.2, 0) is 0 Å². The smallest absolute Gasteiger partial charge is 0.168 e. The van der Waals surface area contributed by atoms with Gasteiger partial charge >= 0.3 is 0 Å². The molecule has 0 aromatic rings. The summed E-state index contributed by atoms with van der Waals surface area (Å²) in [6, 6.07) is 0. The fourth-order valence-corrected chi connectivity index (χ4v) is 0.955. The van der Waals surface area contributed by atoms with Gasteiger partial charge in [-0.3, -0.25) is 4.90 Å². The van der Waals surface area contributed by atoms with Gasteiger partial charge in [0, 0.05) is 13.1 Å². The summed E-state index contributed by atoms with van der Waals surface area (Å²) in [5, 5.41) is 6.75. The lowest BCUT2D eigenvalue weighted by Crippen LogP contribution is -2.54. The largest absolute Gasteiger partial charge is 0.350 e. The molecule has 4 N–H and O–H groups in total. The molecule has 1 fully saturated rings. The first-order chi connectivity index (χ1) is 4.83. The molecule has 0 radical (unpaired) electrons. The van der Waals surface area contributed by atoms with Crippen molar-refractivity contribution in [3.05, 3.63) is 0 Å². The molecule has 0 saturated carbocycles. The Hall–Kier alpha value is -0.390. The molecule has 0 atom stereocenters. The van der Waals surface area contributed by atoms with Crippen LogP contribution >= 0.6 is 12.2 Å². The second kappa shape index (κ2) is 3.70. The van der Waals surface area contributed by atoms with E-state index in [0.717, 1.165) is 25.0 Å². The van der Waals surface area contributed by atoms with Crippen LogP contribution in [0.4, 0.5) is 0 Å². The third-order valence-electron chi connectivity index (χ3n) is 1.37. The molecule has 1 heterocycles. The number of nitrogens with one attached hydrogen (secondary N) is 2. The number of hydrogen-bond acceptors (Lipinski definition) is 3. The van der Waals surface area contributed by atoms with Gasteiger partial charge in [-0.05, 0) is 12.2 Å². The van der Waals surface area contributed by atoms with Gasteiger partial charge < -0.3 is 16.4 Å². The first-order valence-corrected chi connectivity index (χ1v) is 3.68. The highest BCUT2D eigenvalue weighted by Crippen LogP contribution is 1.86. The monoisotopic (exact) mass is 160 g/mol. The van der Waals surface area contributed by atoms with E-state index in [2.05, 4.69) is 15.5 Å². The molecular weight excluding hydrogens is 148 g/mol. The fourth-order valence-electron chi connectivity index (χ4n) is 0.826. The second-order valence-corrected chi connectivity index (χ2v) is 2.59. The number of thiocarbonyl (C=S) groups is 1. The van der Waals surface area contributed by atoms with E-state index in [1.807, 2.05) is 0 Å². The summed E-state index contributed by atoms with van der Waals surface area (Å²) in [6.07, 6.45) is 0. The summed E-state index contributed by atoms with van der Waals surface area (Å²) < 4.78 is 0. The van der Waals surface area contributed by atoms with Crippen molar-refractivity contribution < 1.29 is 0 Å². The Labute approximate surface area is 65.8 Å². The zero-order valence-electron chi connectivity index (χ0n) is 5.76. The average Bonchev–Trinajstić information content (AvgIpc) is 1.95. The lowest BCUT2D eigenvalue weighted by Gasteiger charge is -2.28. The Morgan fingerprint density at radius 1 is 1.50 bits per heavy atom. The Bertz CT molecular complexity index is 117. The Morgan fingerprint density at radius 3 is 2.60 bits per heavy atom. The van der Waals surface area contributed by atoms with Crippen LogP contribution < -0.4 is 16.4 Å². The van der Waals surface area contributed by atoms with Crippen LogP contribution in [-0.4, -0.2) is 36.4 Å². The maximum absolute atomic E-state index is 5.36. The van der Waals surface area contributed by atoms with Gasteiger partial charge in [0.15, 0.2) is 5.11 Å². The van der Waals surface area contributed by atoms with E-state index in [9.17, 15) is 0 Å². The maximum atomic E-state index is 5.36. The van der Waals surface area contributed by atoms with Gasteiger partial charge in [0.2, 0.25) is 0 Å². The van der Waals surface area contributed by atoms with Crippen LogP contribution in [0.3, 0.4) is 0 Å². The molecule has 10 heavy (non-hydrogen) atoms. The molecule has 0 unspecified atom stereocenters. The number of hydrogen-bond donors (Lipinski definition) is 3. The SMILES string of the molecule is NCCN1CNC(=S)NC1. The van der Waals surface area contributed by atoms with E-state index in [0.29, 0.717) is 6.54 Å². The second-order valence-electron chi connectivity index (χ2n) is 2.18. The normalized spacial score (nSPS) is 19.9. The molecule has 0 amide bonds. The highest BCUT2D eigenvalue weighted by molar-refractivity contribution is 7.80. The van der Waals surface area contributed by atoms with Crippen molar-refractivity contribution in [2.45, 2.75) is 0 Å². The van der Waals surface area contributed by atoms with Gasteiger partial charge in [-0.1, -0.05) is 0 Å². The molecule has 1 rings (SSSR count). The number of rotatable bonds is 2. The van der Waals surface area contributed by atoms with Crippen molar-refractivity contribution in [3.8, 4) is 0 Å². The topological polar surface area (TPSA) is 53.3 Å². The van der Waals surface area contributed by atoms with Gasteiger partial charge in [-0.2, -0.15) is 0 Å². The van der Waals surface area contributed by atoms with Crippen LogP contribution in [0.5, 0.6) is 0 Å². The lowest BCUT2D eigenvalue weighted by molar-refractivity contribution is 0.251. The standard InChI is InChI=1S/C5H12N4S/c6-1-2-9-3-7-5(10)8-4-9/h1-4,6H2,(H2,7,8,10). The van der Waals surface area contributed by atoms with Gasteiger partial charge in [-0.15, -0.1) is 0 Å². The molecule has 1 saturated heterocycles. The van der Waals surface area contributed by atoms with Crippen molar-refractivity contribution in [1.29, 1.82) is 0 Å². The van der Waals surface area contributed by atoms with Crippen molar-refractivity contribution >= 4 is 17.3 Å². The van der Waals surface area contributed by atoms with Crippen molar-refractivity contribution in [2.24, 2.45) is 5.73 Å². The maximum Gasteiger partial charge on any atom is 0.168 e. The quantitative estimate of drug-likeness (QED) is 0.436. The number of nitrogens with zero attached hydrogens (tertiary/aromatic N) is 1. The molecule has 0 aromatic carbocycles. The fraction of sp³-hybridized carbons (Fsp3) is 0.800. The van der Waals surface area contributed by atoms with Crippen LogP contribution in [0.2, 0.25) is 0 Å². The van der Waals surface area contributed by atoms with Crippen molar-refractivity contribution in [1.82, 2.24) is 15.5 Å². The molecule has 0 aromatic heterocycles. The van der Waals surface area contributed by atoms with E-state index in [1.54, 1.807) is 0 Å². The molecule has 5 heteroatoms. The summed E-state index contributed by atoms with van der Waals surface area (Å²) in [7, 11) is 0. The highest BCUT2D eigenvalue weighted by Gasteiger charge is 2.09. The Kier molecular flexibility index (Phi) is 2.85. The molecule has 0 bridgehead atoms. The van der Waals surface area contributed by atoms with Gasteiger partial charge in [0.1, 0.15) is 0 Å². The Morgan fingerprint density at radius 2 is 2.10 bits per heavy atom. The van der Waals surface area contributed by atoms with E-state index in [4.69, 9.17) is 18.0 Å². The summed E-state index contributed by atoms with van der Waals surface area (Å²) in [4.78, 5) is 2.15. The molecular formula is C5H12N4S. The van der Waals surface area contributed by atoms with E-state index in [1.165, 1.54) is 0 Å². The zero-order chi connectivity index (χ0) is 7.40. The van der Waals surface area contributed by atoms with E-state index >= 15 is 0 Å². The summed E-state index contributed by atoms with van der Waals surface area (Å²) in [5.41, 5.74) is 5.36. The molecule has 58 valence electrons. The minimum absolute atomic E-state index is 0.691. The molecule has 4 nitrogen and oxygen atoms in total. The van der Waals surface area contributed by atoms with Crippen LogP contribution in [0.15, 0.2) is 0 Å². The van der Waals surface area contributed by atoms with Crippen LogP contribution in [0.25, 0.3) is 0 Å². The lowest BCUT2D eigenvalue weighted by atomic mass is 10.5. The van der Waals surface area contributed by atoms with E-state index in [-0.39, 0.29) is 0 Å². The highest BCUT2D eigenvalue weighted by atomic mass is 32.1. The summed E-state index contributed by atoms with van der Waals surface area (Å²) in [6.45, 7) is 3.21. The van der Waals surface area contributed by atoms with E-state index < -0.39 is 0 Å². The van der Waals surface area contributed by atoms with Crippen molar-refractivity contribution in [3.63, 3.8) is 0 Å². The minimum Gasteiger partial charge on any atom is -0.350 e. The Balaban J connectivity index is 2.19. The third-order valence-corrected chi connectivity index (χ3v) is 1.66. The summed E-state index contributed by atoms with van der Waals surface area (Å²) >= 11 is 4.86. The van der Waals surface area contributed by atoms with Crippen LogP contribution in [0.1, 0.15) is 0 Å². The zero-order valence-corrected chi connectivity index (χ0v) is 6.58. The first-order valence-electron chi connectivity index (χ1n) is 3.27. The summed E-state index contributed by atoms with van der Waals surface area (Å²) in [5.74, 6) is 0. The third kappa shape index (κ3) is 2.09. The first kappa shape index (κ1) is 7.71.